The number of rotatable bonds is 6. The lowest BCUT2D eigenvalue weighted by Crippen LogP contribution is -2.41. The van der Waals surface area contributed by atoms with Crippen molar-refractivity contribution in [2.45, 2.75) is 38.9 Å². The third kappa shape index (κ3) is 15.5. The van der Waals surface area contributed by atoms with E-state index in [1.807, 2.05) is 140 Å². The number of para-hydroxylation sites is 5. The van der Waals surface area contributed by atoms with Crippen LogP contribution in [0.2, 0.25) is 10.3 Å². The van der Waals surface area contributed by atoms with Gasteiger partial charge in [-0.1, -0.05) is 225 Å². The molecule has 1 N–H and O–H groups in total. The lowest BCUT2D eigenvalue weighted by Gasteiger charge is -2.32. The first-order valence-electron chi connectivity index (χ1n) is 33.2. The fourth-order valence-electron chi connectivity index (χ4n) is 11.8. The van der Waals surface area contributed by atoms with E-state index in [0.717, 1.165) is 130 Å². The highest BCUT2D eigenvalue weighted by Gasteiger charge is 2.51. The number of hydrogen-bond acceptors (Lipinski definition) is 12. The van der Waals surface area contributed by atoms with E-state index in [9.17, 15) is 0 Å². The number of aromatic nitrogens is 5. The van der Waals surface area contributed by atoms with Gasteiger partial charge in [-0.2, -0.15) is 10.5 Å². The van der Waals surface area contributed by atoms with Gasteiger partial charge < -0.3 is 23.2 Å². The lowest BCUT2D eigenvalue weighted by molar-refractivity contribution is 0.00578. The van der Waals surface area contributed by atoms with Crippen LogP contribution in [0.25, 0.3) is 133 Å². The Morgan fingerprint density at radius 2 is 0.731 bits per heavy atom. The number of pyridine rings is 1. The van der Waals surface area contributed by atoms with Crippen LogP contribution in [0, 0.1) is 22.7 Å². The smallest absolute Gasteiger partial charge is 0.494 e. The first kappa shape index (κ1) is 69.7. The summed E-state index contributed by atoms with van der Waals surface area (Å²) in [5.74, 6) is 0.299. The molecule has 12 aromatic carbocycles. The third-order valence-electron chi connectivity index (χ3n) is 18.2. The van der Waals surface area contributed by atoms with Crippen molar-refractivity contribution in [3.63, 3.8) is 0 Å². The zero-order chi connectivity index (χ0) is 72.1. The molecule has 0 unspecified atom stereocenters. The molecule has 1 fully saturated rings. The fourth-order valence-corrected chi connectivity index (χ4v) is 12.7. The summed E-state index contributed by atoms with van der Waals surface area (Å²) >= 11 is 18.1. The molecular formula is C87H60BBr2Cl2N7O5. The predicted octanol–water partition coefficient (Wildman–Crippen LogP) is 23.6. The molecule has 0 saturated carbocycles. The Labute approximate surface area is 626 Å². The van der Waals surface area contributed by atoms with E-state index in [2.05, 4.69) is 213 Å². The maximum absolute atomic E-state index is 9.01. The number of nitrogens with zero attached hydrogens (tertiary/aromatic N) is 7. The number of phenolic OH excluding ortho intramolecular Hbond substituents is 1. The molecule has 504 valence electrons. The van der Waals surface area contributed by atoms with Crippen molar-refractivity contribution in [1.82, 2.24) is 24.9 Å². The summed E-state index contributed by atoms with van der Waals surface area (Å²) in [6.07, 6.45) is 0. The first-order chi connectivity index (χ1) is 50.4. The van der Waals surface area contributed by atoms with Crippen molar-refractivity contribution in [2.24, 2.45) is 0 Å². The Morgan fingerprint density at radius 1 is 0.365 bits per heavy atom. The largest absolute Gasteiger partial charge is 0.508 e. The van der Waals surface area contributed by atoms with E-state index < -0.39 is 0 Å². The van der Waals surface area contributed by atoms with Crippen LogP contribution in [0.15, 0.2) is 303 Å². The number of aromatic hydroxyl groups is 1. The second-order valence-electron chi connectivity index (χ2n) is 25.5. The van der Waals surface area contributed by atoms with Crippen LogP contribution in [0.4, 0.5) is 0 Å². The maximum atomic E-state index is 9.01. The van der Waals surface area contributed by atoms with Gasteiger partial charge in [0.25, 0.3) is 0 Å². The topological polar surface area (TPSA) is 177 Å². The molecule has 104 heavy (non-hydrogen) atoms. The van der Waals surface area contributed by atoms with E-state index in [1.54, 1.807) is 24.3 Å². The van der Waals surface area contributed by atoms with Crippen molar-refractivity contribution in [3.8, 4) is 73.5 Å². The average molecular weight is 1530 g/mol. The molecule has 0 radical (unpaired) electrons. The standard InChI is InChI=1S/C34H20N2O.C25H24BNO2.C14H7BrN2O.C8H4Cl2N2.C6H5BrO/c35-21-22-5-7-23(8-6-22)24-9-11-25(12-10-24)26-13-15-27(16-14-26)28-17-18-33-30(19-28)31-20-29-3-1-2-4-32(29)36-34(31)37-33;1-24(2)25(3,4)29-26(28-24)23-15-13-22(14-16-23)21-11-9-20(10-12-21)19-7-5-18(17-27)6-8-19;15-8-5-6-12-9(7-8)13-14(18-12)17-11-4-2-1-3-10(11)16-13;9-7-8(10)12-6-4-2-1-3-5(6)11-7;7-5-1-3-6(8)4-2-5/h1-20H;5-16H,1-4H3;1-7H;1-4H;1-4,8H. The lowest BCUT2D eigenvalue weighted by atomic mass is 9.78. The van der Waals surface area contributed by atoms with Crippen LogP contribution in [0.3, 0.4) is 0 Å². The molecule has 18 rings (SSSR count). The first-order valence-corrected chi connectivity index (χ1v) is 35.5. The van der Waals surface area contributed by atoms with Crippen LogP contribution >= 0.6 is 55.1 Å². The minimum absolute atomic E-state index is 0.246. The van der Waals surface area contributed by atoms with E-state index in [1.165, 1.54) is 5.56 Å². The third-order valence-corrected chi connectivity index (χ3v) is 19.9. The number of halogens is 4. The van der Waals surface area contributed by atoms with E-state index >= 15 is 0 Å². The number of phenols is 1. The normalized spacial score (nSPS) is 12.7. The molecule has 1 aliphatic rings. The molecule has 17 heteroatoms. The van der Waals surface area contributed by atoms with Crippen molar-refractivity contribution in [1.29, 1.82) is 10.5 Å². The van der Waals surface area contributed by atoms with Crippen LogP contribution in [0.5, 0.6) is 5.75 Å². The summed E-state index contributed by atoms with van der Waals surface area (Å²) in [7, 11) is -0.340. The van der Waals surface area contributed by atoms with E-state index in [-0.39, 0.29) is 28.6 Å². The van der Waals surface area contributed by atoms with Crippen LogP contribution in [-0.2, 0) is 9.31 Å². The van der Waals surface area contributed by atoms with Gasteiger partial charge >= 0.3 is 7.12 Å². The SMILES string of the molecule is Brc1ccc2oc3nc4ccccc4nc3c2c1.CC1(C)OB(c2ccc(-c3ccc(-c4ccc(C#N)cc4)cc3)cc2)OC1(C)C.Clc1nc2ccccc2nc1Cl.N#Cc1ccc(-c2ccc(-c3ccc(-c4ccc5oc6nc7ccccc7cc6c5c4)cc3)cc2)cc1.Oc1ccc(Br)cc1. The Kier molecular flexibility index (Phi) is 20.3. The summed E-state index contributed by atoms with van der Waals surface area (Å²) in [5.41, 5.74) is 21.0. The predicted molar refractivity (Wildman–Crippen MR) is 428 cm³/mol. The van der Waals surface area contributed by atoms with E-state index in [0.29, 0.717) is 28.3 Å². The van der Waals surface area contributed by atoms with Gasteiger partial charge in [-0.3, -0.25) is 0 Å². The molecule has 0 atom stereocenters. The molecule has 1 aliphatic heterocycles. The van der Waals surface area contributed by atoms with Crippen molar-refractivity contribution in [2.75, 3.05) is 0 Å². The molecular weight excluding hydrogens is 1460 g/mol. The highest BCUT2D eigenvalue weighted by molar-refractivity contribution is 9.10. The van der Waals surface area contributed by atoms with Crippen molar-refractivity contribution >= 4 is 145 Å². The van der Waals surface area contributed by atoms with Crippen molar-refractivity contribution in [3.05, 3.63) is 315 Å². The zero-order valence-corrected chi connectivity index (χ0v) is 61.1. The average Bonchev–Trinajstić information content (AvgIpc) is 1.61. The molecule has 0 bridgehead atoms. The molecule has 17 aromatic rings. The van der Waals surface area contributed by atoms with E-state index in [4.69, 9.17) is 62.0 Å². The highest BCUT2D eigenvalue weighted by atomic mass is 79.9. The summed E-state index contributed by atoms with van der Waals surface area (Å²) in [6, 6.07) is 98.2. The van der Waals surface area contributed by atoms with Gasteiger partial charge in [0.05, 0.1) is 62.1 Å². The molecule has 6 heterocycles. The van der Waals surface area contributed by atoms with Gasteiger partial charge in [-0.05, 0) is 204 Å². The number of benzene rings is 12. The molecule has 0 spiro atoms. The van der Waals surface area contributed by atoms with Gasteiger partial charge in [-0.15, -0.1) is 0 Å². The summed E-state index contributed by atoms with van der Waals surface area (Å²) < 4.78 is 26.0. The Bertz CT molecular complexity index is 5990. The number of hydrogen-bond donors (Lipinski definition) is 1. The maximum Gasteiger partial charge on any atom is 0.494 e. The van der Waals surface area contributed by atoms with Crippen LogP contribution in [0.1, 0.15) is 38.8 Å². The molecule has 0 aliphatic carbocycles. The fraction of sp³-hybridized carbons (Fsp3) is 0.0690. The van der Waals surface area contributed by atoms with Gasteiger partial charge in [0.15, 0.2) is 10.3 Å². The highest BCUT2D eigenvalue weighted by Crippen LogP contribution is 2.39. The number of fused-ring (bicyclic) bond motifs is 9. The second-order valence-corrected chi connectivity index (χ2v) is 28.1. The van der Waals surface area contributed by atoms with Crippen molar-refractivity contribution < 1.29 is 23.2 Å². The number of nitriles is 2. The van der Waals surface area contributed by atoms with Gasteiger partial charge in [0.2, 0.25) is 11.4 Å². The summed E-state index contributed by atoms with van der Waals surface area (Å²) in [4.78, 5) is 21.9. The minimum atomic E-state index is -0.340. The van der Waals surface area contributed by atoms with Gasteiger partial charge in [-0.25, -0.2) is 24.9 Å². The Balaban J connectivity index is 0.000000120. The quantitative estimate of drug-likeness (QED) is 0.156. The number of furan rings is 2. The zero-order valence-electron chi connectivity index (χ0n) is 56.4. The molecule has 12 nitrogen and oxygen atoms in total. The monoisotopic (exact) mass is 1520 g/mol. The Morgan fingerprint density at radius 3 is 1.20 bits per heavy atom. The molecule has 0 amide bonds. The van der Waals surface area contributed by atoms with Gasteiger partial charge in [0.1, 0.15) is 22.4 Å². The summed E-state index contributed by atoms with van der Waals surface area (Å²) in [5, 5.41) is 31.4. The van der Waals surface area contributed by atoms with Crippen LogP contribution < -0.4 is 5.46 Å². The minimum Gasteiger partial charge on any atom is -0.508 e. The summed E-state index contributed by atoms with van der Waals surface area (Å²) in [6.45, 7) is 8.27. The van der Waals surface area contributed by atoms with Gasteiger partial charge in [0, 0.05) is 30.5 Å². The Hall–Kier alpha value is -11.4. The molecule has 1 saturated heterocycles. The van der Waals surface area contributed by atoms with Crippen LogP contribution in [-0.4, -0.2) is 48.3 Å². The molecule has 5 aromatic heterocycles. The second kappa shape index (κ2) is 30.3.